The van der Waals surface area contributed by atoms with Crippen molar-refractivity contribution in [1.82, 2.24) is 10.3 Å². The summed E-state index contributed by atoms with van der Waals surface area (Å²) in [5.41, 5.74) is 1.20. The third kappa shape index (κ3) is 3.08. The fourth-order valence-electron chi connectivity index (χ4n) is 1.77. The molecule has 0 aliphatic carbocycles. The van der Waals surface area contributed by atoms with E-state index >= 15 is 0 Å². The zero-order valence-electron chi connectivity index (χ0n) is 11.2. The number of hydrogen-bond donors (Lipinski definition) is 2. The molecule has 106 valence electrons. The highest BCUT2D eigenvalue weighted by atomic mass is 79.9. The van der Waals surface area contributed by atoms with Crippen LogP contribution in [-0.4, -0.2) is 35.8 Å². The molecule has 1 amide bonds. The number of halogens is 1. The van der Waals surface area contributed by atoms with E-state index in [2.05, 4.69) is 26.2 Å². The number of aromatic nitrogens is 1. The van der Waals surface area contributed by atoms with Gasteiger partial charge in [0.2, 0.25) is 0 Å². The van der Waals surface area contributed by atoms with E-state index in [0.717, 1.165) is 15.4 Å². The van der Waals surface area contributed by atoms with Gasteiger partial charge in [0, 0.05) is 22.1 Å². The van der Waals surface area contributed by atoms with E-state index in [1.807, 2.05) is 12.1 Å². The Morgan fingerprint density at radius 1 is 1.50 bits per heavy atom. The first-order valence-corrected chi connectivity index (χ1v) is 6.89. The predicted molar refractivity (Wildman–Crippen MR) is 80.0 cm³/mol. The molecular weight excluding hydrogens is 324 g/mol. The summed E-state index contributed by atoms with van der Waals surface area (Å²) in [4.78, 5) is 16.3. The third-order valence-electron chi connectivity index (χ3n) is 2.86. The zero-order valence-corrected chi connectivity index (χ0v) is 12.8. The van der Waals surface area contributed by atoms with Crippen molar-refractivity contribution in [3.8, 4) is 5.75 Å². The SMILES string of the molecule is COc1cc(Br)c2ncc(C(=O)NC(C)CO)cc2c1. The normalized spacial score (nSPS) is 12.2. The zero-order chi connectivity index (χ0) is 14.7. The second-order valence-electron chi connectivity index (χ2n) is 4.46. The van der Waals surface area contributed by atoms with Crippen LogP contribution in [0, 0.1) is 0 Å². The number of carbonyl (C=O) groups excluding carboxylic acids is 1. The highest BCUT2D eigenvalue weighted by molar-refractivity contribution is 9.10. The van der Waals surface area contributed by atoms with Crippen molar-refractivity contribution in [3.05, 3.63) is 34.4 Å². The Bertz CT molecular complexity index is 646. The Kier molecular flexibility index (Phi) is 4.57. The monoisotopic (exact) mass is 338 g/mol. The summed E-state index contributed by atoms with van der Waals surface area (Å²) in [5, 5.41) is 12.4. The molecule has 1 unspecified atom stereocenters. The van der Waals surface area contributed by atoms with Crippen LogP contribution in [0.4, 0.5) is 0 Å². The maximum absolute atomic E-state index is 12.0. The van der Waals surface area contributed by atoms with Crippen molar-refractivity contribution in [3.63, 3.8) is 0 Å². The average molecular weight is 339 g/mol. The number of rotatable bonds is 4. The lowest BCUT2D eigenvalue weighted by atomic mass is 10.1. The van der Waals surface area contributed by atoms with Crippen molar-refractivity contribution < 1.29 is 14.6 Å². The highest BCUT2D eigenvalue weighted by Gasteiger charge is 2.12. The van der Waals surface area contributed by atoms with Gasteiger partial charge in [-0.25, -0.2) is 0 Å². The molecule has 1 aromatic carbocycles. The van der Waals surface area contributed by atoms with Gasteiger partial charge in [0.1, 0.15) is 5.75 Å². The topological polar surface area (TPSA) is 71.5 Å². The minimum absolute atomic E-state index is 0.105. The Hall–Kier alpha value is -1.66. The Morgan fingerprint density at radius 3 is 2.90 bits per heavy atom. The molecule has 20 heavy (non-hydrogen) atoms. The molecule has 2 N–H and O–H groups in total. The molecule has 2 rings (SSSR count). The Labute approximate surface area is 125 Å². The van der Waals surface area contributed by atoms with Crippen molar-refractivity contribution in [1.29, 1.82) is 0 Å². The van der Waals surface area contributed by atoms with E-state index < -0.39 is 0 Å². The van der Waals surface area contributed by atoms with Crippen LogP contribution in [-0.2, 0) is 0 Å². The minimum Gasteiger partial charge on any atom is -0.497 e. The smallest absolute Gasteiger partial charge is 0.253 e. The molecule has 2 aromatic rings. The maximum atomic E-state index is 12.0. The number of nitrogens with one attached hydrogen (secondary N) is 1. The number of fused-ring (bicyclic) bond motifs is 1. The van der Waals surface area contributed by atoms with Gasteiger partial charge in [0.05, 0.1) is 24.8 Å². The number of pyridine rings is 1. The van der Waals surface area contributed by atoms with Gasteiger partial charge in [-0.3, -0.25) is 9.78 Å². The summed E-state index contributed by atoms with van der Waals surface area (Å²) >= 11 is 3.43. The fourth-order valence-corrected chi connectivity index (χ4v) is 2.33. The van der Waals surface area contributed by atoms with Crippen LogP contribution < -0.4 is 10.1 Å². The molecule has 1 heterocycles. The van der Waals surface area contributed by atoms with Gasteiger partial charge in [-0.15, -0.1) is 0 Å². The molecule has 0 bridgehead atoms. The first kappa shape index (κ1) is 14.7. The van der Waals surface area contributed by atoms with Crippen molar-refractivity contribution in [2.24, 2.45) is 0 Å². The molecule has 0 fully saturated rings. The largest absolute Gasteiger partial charge is 0.497 e. The number of aliphatic hydroxyl groups is 1. The number of ether oxygens (including phenoxy) is 1. The molecule has 0 radical (unpaired) electrons. The summed E-state index contributed by atoms with van der Waals surface area (Å²) in [5.74, 6) is 0.423. The van der Waals surface area contributed by atoms with Crippen LogP contribution in [0.25, 0.3) is 10.9 Å². The van der Waals surface area contributed by atoms with Gasteiger partial charge in [0.15, 0.2) is 0 Å². The lowest BCUT2D eigenvalue weighted by Gasteiger charge is -2.11. The predicted octanol–water partition coefficient (Wildman–Crippen LogP) is 2.12. The van der Waals surface area contributed by atoms with Gasteiger partial charge < -0.3 is 15.2 Å². The molecule has 0 spiro atoms. The molecule has 0 aliphatic heterocycles. The maximum Gasteiger partial charge on any atom is 0.253 e. The lowest BCUT2D eigenvalue weighted by molar-refractivity contribution is 0.0922. The number of aliphatic hydroxyl groups excluding tert-OH is 1. The van der Waals surface area contributed by atoms with E-state index in [4.69, 9.17) is 9.84 Å². The highest BCUT2D eigenvalue weighted by Crippen LogP contribution is 2.28. The molecule has 0 aliphatic rings. The summed E-state index contributed by atoms with van der Waals surface area (Å²) in [6.07, 6.45) is 1.51. The van der Waals surface area contributed by atoms with E-state index in [-0.39, 0.29) is 18.6 Å². The van der Waals surface area contributed by atoms with Gasteiger partial charge in [-0.1, -0.05) is 0 Å². The quantitative estimate of drug-likeness (QED) is 0.895. The van der Waals surface area contributed by atoms with E-state index in [1.54, 1.807) is 20.1 Å². The summed E-state index contributed by atoms with van der Waals surface area (Å²) in [6.45, 7) is 1.62. The molecular formula is C14H15BrN2O3. The van der Waals surface area contributed by atoms with Crippen LogP contribution in [0.5, 0.6) is 5.75 Å². The third-order valence-corrected chi connectivity index (χ3v) is 3.46. The molecule has 1 atom stereocenters. The molecule has 0 saturated carbocycles. The fraction of sp³-hybridized carbons (Fsp3) is 0.286. The number of hydrogen-bond acceptors (Lipinski definition) is 4. The molecule has 6 heteroatoms. The number of amides is 1. The Balaban J connectivity index is 2.40. The Morgan fingerprint density at radius 2 is 2.25 bits per heavy atom. The lowest BCUT2D eigenvalue weighted by Crippen LogP contribution is -2.35. The van der Waals surface area contributed by atoms with Crippen LogP contribution in [0.15, 0.2) is 28.9 Å². The van der Waals surface area contributed by atoms with Crippen LogP contribution in [0.2, 0.25) is 0 Å². The van der Waals surface area contributed by atoms with Crippen molar-refractivity contribution in [2.75, 3.05) is 13.7 Å². The van der Waals surface area contributed by atoms with Crippen molar-refractivity contribution >= 4 is 32.7 Å². The summed E-state index contributed by atoms with van der Waals surface area (Å²) in [7, 11) is 1.58. The summed E-state index contributed by atoms with van der Waals surface area (Å²) < 4.78 is 6.00. The first-order valence-electron chi connectivity index (χ1n) is 6.10. The second-order valence-corrected chi connectivity index (χ2v) is 5.32. The van der Waals surface area contributed by atoms with Gasteiger partial charge in [-0.05, 0) is 41.1 Å². The van der Waals surface area contributed by atoms with E-state index in [0.29, 0.717) is 11.3 Å². The molecule has 0 saturated heterocycles. The van der Waals surface area contributed by atoms with Crippen LogP contribution in [0.3, 0.4) is 0 Å². The van der Waals surface area contributed by atoms with Crippen LogP contribution >= 0.6 is 15.9 Å². The standard InChI is InChI=1S/C14H15BrN2O3/c1-8(7-18)17-14(19)10-3-9-4-11(20-2)5-12(15)13(9)16-6-10/h3-6,8,18H,7H2,1-2H3,(H,17,19). The number of carbonyl (C=O) groups is 1. The van der Waals surface area contributed by atoms with Crippen molar-refractivity contribution in [2.45, 2.75) is 13.0 Å². The first-order chi connectivity index (χ1) is 9.55. The van der Waals surface area contributed by atoms with Crippen LogP contribution in [0.1, 0.15) is 17.3 Å². The van der Waals surface area contributed by atoms with E-state index in [9.17, 15) is 4.79 Å². The van der Waals surface area contributed by atoms with Gasteiger partial charge in [-0.2, -0.15) is 0 Å². The summed E-state index contributed by atoms with van der Waals surface area (Å²) in [6, 6.07) is 5.09. The minimum atomic E-state index is -0.296. The molecule has 5 nitrogen and oxygen atoms in total. The van der Waals surface area contributed by atoms with E-state index in [1.165, 1.54) is 6.20 Å². The average Bonchev–Trinajstić information content (AvgIpc) is 2.46. The number of benzene rings is 1. The van der Waals surface area contributed by atoms with Gasteiger partial charge in [0.25, 0.3) is 5.91 Å². The second kappa shape index (κ2) is 6.19. The number of methoxy groups -OCH3 is 1. The van der Waals surface area contributed by atoms with Gasteiger partial charge >= 0.3 is 0 Å². The molecule has 1 aromatic heterocycles. The number of nitrogens with zero attached hydrogens (tertiary/aromatic N) is 1.